The number of carbonyl (C=O) groups excluding carboxylic acids is 1. The Hall–Kier alpha value is -1.59. The highest BCUT2D eigenvalue weighted by atomic mass is 79.9. The standard InChI is InChI=1S/C13H13BrN2O2/c14-11-2-1-3-12(6-11)15-13(18)8-16-5-4-10(7-16)9-17/h1-7,17H,8-9H2,(H,15,18). The Balaban J connectivity index is 1.96. The normalized spacial score (nSPS) is 10.3. The number of amides is 1. The molecule has 2 N–H and O–H groups in total. The third-order valence-electron chi connectivity index (χ3n) is 2.43. The predicted molar refractivity (Wildman–Crippen MR) is 73.1 cm³/mol. The molecule has 1 amide bonds. The molecule has 0 fully saturated rings. The van der Waals surface area contributed by atoms with Crippen LogP contribution in [0.1, 0.15) is 5.56 Å². The SMILES string of the molecule is O=C(Cn1ccc(CO)c1)Nc1cccc(Br)c1. The lowest BCUT2D eigenvalue weighted by molar-refractivity contribution is -0.116. The first-order valence-corrected chi connectivity index (χ1v) is 6.27. The number of rotatable bonds is 4. The van der Waals surface area contributed by atoms with Crippen molar-refractivity contribution in [2.75, 3.05) is 5.32 Å². The van der Waals surface area contributed by atoms with Gasteiger partial charge in [0, 0.05) is 22.6 Å². The summed E-state index contributed by atoms with van der Waals surface area (Å²) in [6.07, 6.45) is 3.52. The molecule has 0 spiro atoms. The Bertz CT molecular complexity index is 551. The first kappa shape index (κ1) is 12.9. The molecule has 18 heavy (non-hydrogen) atoms. The average Bonchev–Trinajstić information content (AvgIpc) is 2.76. The maximum absolute atomic E-state index is 11.8. The molecule has 0 atom stereocenters. The average molecular weight is 309 g/mol. The summed E-state index contributed by atoms with van der Waals surface area (Å²) >= 11 is 3.35. The molecule has 0 saturated heterocycles. The van der Waals surface area contributed by atoms with Crippen molar-refractivity contribution in [3.05, 3.63) is 52.8 Å². The van der Waals surface area contributed by atoms with Crippen LogP contribution in [0.5, 0.6) is 0 Å². The molecule has 2 aromatic rings. The van der Waals surface area contributed by atoms with E-state index in [1.165, 1.54) is 0 Å². The highest BCUT2D eigenvalue weighted by Gasteiger charge is 2.04. The van der Waals surface area contributed by atoms with E-state index in [2.05, 4.69) is 21.2 Å². The second-order valence-electron chi connectivity index (χ2n) is 3.91. The Labute approximate surface area is 113 Å². The largest absolute Gasteiger partial charge is 0.392 e. The van der Waals surface area contributed by atoms with E-state index in [0.717, 1.165) is 15.7 Å². The van der Waals surface area contributed by atoms with Gasteiger partial charge in [-0.25, -0.2) is 0 Å². The Kier molecular flexibility index (Phi) is 4.17. The highest BCUT2D eigenvalue weighted by molar-refractivity contribution is 9.10. The van der Waals surface area contributed by atoms with Gasteiger partial charge in [-0.05, 0) is 29.8 Å². The first-order chi connectivity index (χ1) is 8.67. The second-order valence-corrected chi connectivity index (χ2v) is 4.82. The highest BCUT2D eigenvalue weighted by Crippen LogP contribution is 2.15. The lowest BCUT2D eigenvalue weighted by atomic mass is 10.3. The zero-order valence-electron chi connectivity index (χ0n) is 9.64. The van der Waals surface area contributed by atoms with Gasteiger partial charge in [0.2, 0.25) is 5.91 Å². The Morgan fingerprint density at radius 3 is 2.89 bits per heavy atom. The summed E-state index contributed by atoms with van der Waals surface area (Å²) in [6.45, 7) is 0.215. The van der Waals surface area contributed by atoms with Crippen molar-refractivity contribution in [1.82, 2.24) is 4.57 Å². The summed E-state index contributed by atoms with van der Waals surface area (Å²) in [5.74, 6) is -0.104. The smallest absolute Gasteiger partial charge is 0.244 e. The Morgan fingerprint density at radius 1 is 1.39 bits per heavy atom. The molecule has 0 unspecified atom stereocenters. The molecule has 0 aliphatic rings. The van der Waals surface area contributed by atoms with Gasteiger partial charge >= 0.3 is 0 Å². The molecule has 1 aromatic carbocycles. The van der Waals surface area contributed by atoms with Crippen molar-refractivity contribution in [2.45, 2.75) is 13.2 Å². The zero-order chi connectivity index (χ0) is 13.0. The first-order valence-electron chi connectivity index (χ1n) is 5.48. The third-order valence-corrected chi connectivity index (χ3v) is 2.92. The van der Waals surface area contributed by atoms with Crippen LogP contribution in [0.25, 0.3) is 0 Å². The number of nitrogens with one attached hydrogen (secondary N) is 1. The summed E-state index contributed by atoms with van der Waals surface area (Å²) in [5, 5.41) is 11.7. The van der Waals surface area contributed by atoms with Crippen LogP contribution >= 0.6 is 15.9 Å². The number of carbonyl (C=O) groups is 1. The maximum Gasteiger partial charge on any atom is 0.244 e. The molecular formula is C13H13BrN2O2. The fourth-order valence-electron chi connectivity index (χ4n) is 1.61. The van der Waals surface area contributed by atoms with Gasteiger partial charge in [-0.1, -0.05) is 22.0 Å². The molecular weight excluding hydrogens is 296 g/mol. The second kappa shape index (κ2) is 5.84. The fourth-order valence-corrected chi connectivity index (χ4v) is 2.01. The lowest BCUT2D eigenvalue weighted by Gasteiger charge is -2.06. The van der Waals surface area contributed by atoms with Crippen LogP contribution in [0.4, 0.5) is 5.69 Å². The zero-order valence-corrected chi connectivity index (χ0v) is 11.2. The minimum absolute atomic E-state index is 0.0136. The quantitative estimate of drug-likeness (QED) is 0.911. The monoisotopic (exact) mass is 308 g/mol. The topological polar surface area (TPSA) is 54.3 Å². The van der Waals surface area contributed by atoms with Gasteiger partial charge < -0.3 is 15.0 Å². The van der Waals surface area contributed by atoms with Crippen LogP contribution < -0.4 is 5.32 Å². The van der Waals surface area contributed by atoms with Crippen molar-refractivity contribution in [3.63, 3.8) is 0 Å². The van der Waals surface area contributed by atoms with E-state index in [4.69, 9.17) is 5.11 Å². The van der Waals surface area contributed by atoms with Crippen molar-refractivity contribution in [3.8, 4) is 0 Å². The van der Waals surface area contributed by atoms with E-state index in [1.807, 2.05) is 24.3 Å². The third kappa shape index (κ3) is 3.45. The van der Waals surface area contributed by atoms with Gasteiger partial charge in [-0.3, -0.25) is 4.79 Å². The van der Waals surface area contributed by atoms with Crippen LogP contribution in [-0.4, -0.2) is 15.6 Å². The predicted octanol–water partition coefficient (Wildman–Crippen LogP) is 2.38. The summed E-state index contributed by atoms with van der Waals surface area (Å²) in [6, 6.07) is 9.21. The van der Waals surface area contributed by atoms with E-state index in [1.54, 1.807) is 23.0 Å². The number of halogens is 1. The molecule has 1 heterocycles. The van der Waals surface area contributed by atoms with Crippen molar-refractivity contribution >= 4 is 27.5 Å². The number of aliphatic hydroxyl groups excluding tert-OH is 1. The van der Waals surface area contributed by atoms with Crippen LogP contribution in [0.15, 0.2) is 47.2 Å². The van der Waals surface area contributed by atoms with Gasteiger partial charge in [0.05, 0.1) is 6.61 Å². The molecule has 0 aliphatic carbocycles. The fraction of sp³-hybridized carbons (Fsp3) is 0.154. The van der Waals surface area contributed by atoms with Gasteiger partial charge in [-0.15, -0.1) is 0 Å². The number of hydrogen-bond acceptors (Lipinski definition) is 2. The molecule has 2 rings (SSSR count). The van der Waals surface area contributed by atoms with Crippen LogP contribution in [-0.2, 0) is 17.9 Å². The van der Waals surface area contributed by atoms with Gasteiger partial charge in [0.1, 0.15) is 6.54 Å². The number of anilines is 1. The summed E-state index contributed by atoms with van der Waals surface area (Å²) in [7, 11) is 0. The molecule has 5 heteroatoms. The van der Waals surface area contributed by atoms with Crippen LogP contribution in [0, 0.1) is 0 Å². The van der Waals surface area contributed by atoms with E-state index in [-0.39, 0.29) is 19.1 Å². The van der Waals surface area contributed by atoms with E-state index >= 15 is 0 Å². The van der Waals surface area contributed by atoms with Gasteiger partial charge in [-0.2, -0.15) is 0 Å². The van der Waals surface area contributed by atoms with E-state index < -0.39 is 0 Å². The number of benzene rings is 1. The van der Waals surface area contributed by atoms with Crippen molar-refractivity contribution < 1.29 is 9.90 Å². The molecule has 94 valence electrons. The van der Waals surface area contributed by atoms with Gasteiger partial charge in [0.25, 0.3) is 0 Å². The molecule has 4 nitrogen and oxygen atoms in total. The lowest BCUT2D eigenvalue weighted by Crippen LogP contribution is -2.17. The van der Waals surface area contributed by atoms with Crippen LogP contribution in [0.3, 0.4) is 0 Å². The maximum atomic E-state index is 11.8. The summed E-state index contributed by atoms with van der Waals surface area (Å²) < 4.78 is 2.66. The molecule has 1 aromatic heterocycles. The Morgan fingerprint density at radius 2 is 2.22 bits per heavy atom. The summed E-state index contributed by atoms with van der Waals surface area (Å²) in [5.41, 5.74) is 1.55. The molecule has 0 aliphatic heterocycles. The minimum Gasteiger partial charge on any atom is -0.392 e. The number of nitrogens with zero attached hydrogens (tertiary/aromatic N) is 1. The number of aliphatic hydroxyl groups is 1. The van der Waals surface area contributed by atoms with Crippen molar-refractivity contribution in [2.24, 2.45) is 0 Å². The molecule has 0 radical (unpaired) electrons. The molecule has 0 bridgehead atoms. The van der Waals surface area contributed by atoms with Crippen LogP contribution in [0.2, 0.25) is 0 Å². The minimum atomic E-state index is -0.104. The van der Waals surface area contributed by atoms with Crippen molar-refractivity contribution in [1.29, 1.82) is 0 Å². The number of aromatic nitrogens is 1. The van der Waals surface area contributed by atoms with E-state index in [9.17, 15) is 4.79 Å². The number of hydrogen-bond donors (Lipinski definition) is 2. The van der Waals surface area contributed by atoms with Gasteiger partial charge in [0.15, 0.2) is 0 Å². The molecule has 0 saturated carbocycles. The van der Waals surface area contributed by atoms with E-state index in [0.29, 0.717) is 0 Å². The summed E-state index contributed by atoms with van der Waals surface area (Å²) in [4.78, 5) is 11.8.